The molecule has 0 aliphatic rings. The van der Waals surface area contributed by atoms with Crippen molar-refractivity contribution in [3.05, 3.63) is 17.0 Å². The summed E-state index contributed by atoms with van der Waals surface area (Å²) in [6.45, 7) is 0.875. The molecule has 0 aliphatic carbocycles. The summed E-state index contributed by atoms with van der Waals surface area (Å²) >= 11 is 5.83. The van der Waals surface area contributed by atoms with Crippen molar-refractivity contribution in [3.63, 3.8) is 0 Å². The third kappa shape index (κ3) is 5.27. The molecule has 1 aromatic heterocycles. The normalized spacial score (nSPS) is 12.5. The second-order valence-corrected chi connectivity index (χ2v) is 3.80. The van der Waals surface area contributed by atoms with Crippen LogP contribution in [0.4, 0.5) is 5.82 Å². The first kappa shape index (κ1) is 14.1. The van der Waals surface area contributed by atoms with Gasteiger partial charge in [-0.2, -0.15) is 0 Å². The summed E-state index contributed by atoms with van der Waals surface area (Å²) in [5.41, 5.74) is 0. The molecule has 1 heterocycles. The summed E-state index contributed by atoms with van der Waals surface area (Å²) in [4.78, 5) is 8.16. The minimum Gasteiger partial charge on any atom is -0.389 e. The fourth-order valence-corrected chi connectivity index (χ4v) is 1.42. The minimum atomic E-state index is -0.598. The van der Waals surface area contributed by atoms with Crippen molar-refractivity contribution in [1.29, 1.82) is 0 Å². The number of ether oxygens (including phenoxy) is 2. The van der Waals surface area contributed by atoms with Crippen LogP contribution >= 0.6 is 11.6 Å². The smallest absolute Gasteiger partial charge is 0.158 e. The molecule has 0 saturated carbocycles. The first-order valence-electron chi connectivity index (χ1n) is 5.09. The van der Waals surface area contributed by atoms with Gasteiger partial charge < -0.3 is 19.9 Å². The number of anilines is 1. The molecule has 0 radical (unpaired) electrons. The lowest BCUT2D eigenvalue weighted by molar-refractivity contribution is 0.0727. The molecular weight excluding hydrogens is 246 g/mol. The van der Waals surface area contributed by atoms with Gasteiger partial charge in [-0.1, -0.05) is 11.6 Å². The fraction of sp³-hybridized carbons (Fsp3) is 0.600. The number of aliphatic hydroxyl groups excluding tert-OH is 1. The van der Waals surface area contributed by atoms with E-state index in [1.54, 1.807) is 13.2 Å². The molecule has 0 aromatic carbocycles. The first-order chi connectivity index (χ1) is 8.15. The Balaban J connectivity index is 2.57. The molecule has 1 unspecified atom stereocenters. The Morgan fingerprint density at radius 1 is 1.41 bits per heavy atom. The number of nitrogens with one attached hydrogen (secondary N) is 1. The number of hydrogen-bond acceptors (Lipinski definition) is 6. The van der Waals surface area contributed by atoms with E-state index >= 15 is 0 Å². The van der Waals surface area contributed by atoms with Crippen molar-refractivity contribution in [2.75, 3.05) is 32.7 Å². The van der Waals surface area contributed by atoms with E-state index in [4.69, 9.17) is 21.1 Å². The Morgan fingerprint density at radius 2 is 2.18 bits per heavy atom. The van der Waals surface area contributed by atoms with Crippen molar-refractivity contribution < 1.29 is 14.6 Å². The van der Waals surface area contributed by atoms with Crippen LogP contribution in [0.1, 0.15) is 5.82 Å². The molecule has 0 amide bonds. The SMILES string of the molecule is COCc1nc(Cl)cc(NCC(O)COC)n1. The zero-order valence-corrected chi connectivity index (χ0v) is 10.6. The van der Waals surface area contributed by atoms with Crippen molar-refractivity contribution >= 4 is 17.4 Å². The van der Waals surface area contributed by atoms with Gasteiger partial charge in [-0.15, -0.1) is 0 Å². The number of aliphatic hydroxyl groups is 1. The van der Waals surface area contributed by atoms with Crippen LogP contribution in [0.3, 0.4) is 0 Å². The fourth-order valence-electron chi connectivity index (χ4n) is 1.22. The van der Waals surface area contributed by atoms with Crippen LogP contribution in [0.2, 0.25) is 5.15 Å². The van der Waals surface area contributed by atoms with E-state index in [9.17, 15) is 5.11 Å². The van der Waals surface area contributed by atoms with E-state index in [0.717, 1.165) is 0 Å². The van der Waals surface area contributed by atoms with Gasteiger partial charge in [0.1, 0.15) is 17.6 Å². The molecule has 2 N–H and O–H groups in total. The van der Waals surface area contributed by atoms with E-state index < -0.39 is 6.10 Å². The average molecular weight is 262 g/mol. The second-order valence-electron chi connectivity index (χ2n) is 3.42. The van der Waals surface area contributed by atoms with Crippen molar-refractivity contribution in [3.8, 4) is 0 Å². The second kappa shape index (κ2) is 7.39. The van der Waals surface area contributed by atoms with Gasteiger partial charge in [0, 0.05) is 26.8 Å². The zero-order valence-electron chi connectivity index (χ0n) is 9.81. The van der Waals surface area contributed by atoms with Gasteiger partial charge in [-0.05, 0) is 0 Å². The molecular formula is C10H16ClN3O3. The van der Waals surface area contributed by atoms with E-state index in [1.165, 1.54) is 7.11 Å². The highest BCUT2D eigenvalue weighted by Crippen LogP contribution is 2.12. The highest BCUT2D eigenvalue weighted by atomic mass is 35.5. The number of aromatic nitrogens is 2. The summed E-state index contributed by atoms with van der Waals surface area (Å²) in [7, 11) is 3.08. The van der Waals surface area contributed by atoms with Crippen molar-refractivity contribution in [2.24, 2.45) is 0 Å². The van der Waals surface area contributed by atoms with Gasteiger partial charge in [-0.25, -0.2) is 9.97 Å². The van der Waals surface area contributed by atoms with Crippen molar-refractivity contribution in [2.45, 2.75) is 12.7 Å². The highest BCUT2D eigenvalue weighted by Gasteiger charge is 2.06. The molecule has 6 nitrogen and oxygen atoms in total. The third-order valence-electron chi connectivity index (χ3n) is 1.89. The summed E-state index contributed by atoms with van der Waals surface area (Å²) in [5, 5.41) is 12.7. The van der Waals surface area contributed by atoms with E-state index in [0.29, 0.717) is 23.3 Å². The summed E-state index contributed by atoms with van der Waals surface area (Å²) < 4.78 is 9.73. The van der Waals surface area contributed by atoms with Gasteiger partial charge in [0.2, 0.25) is 0 Å². The zero-order chi connectivity index (χ0) is 12.7. The van der Waals surface area contributed by atoms with E-state index in [2.05, 4.69) is 15.3 Å². The summed E-state index contributed by atoms with van der Waals surface area (Å²) in [6.07, 6.45) is -0.598. The molecule has 0 bridgehead atoms. The number of nitrogens with zero attached hydrogens (tertiary/aromatic N) is 2. The maximum atomic E-state index is 9.46. The van der Waals surface area contributed by atoms with Crippen LogP contribution in [-0.2, 0) is 16.1 Å². The highest BCUT2D eigenvalue weighted by molar-refractivity contribution is 6.29. The van der Waals surface area contributed by atoms with Gasteiger partial charge in [0.15, 0.2) is 5.82 Å². The predicted molar refractivity (Wildman–Crippen MR) is 64.1 cm³/mol. The Bertz CT molecular complexity index is 352. The lowest BCUT2D eigenvalue weighted by Crippen LogP contribution is -2.24. The molecule has 17 heavy (non-hydrogen) atoms. The van der Waals surface area contributed by atoms with Gasteiger partial charge in [-0.3, -0.25) is 0 Å². The number of rotatable bonds is 7. The Labute approximate surface area is 105 Å². The lowest BCUT2D eigenvalue weighted by atomic mass is 10.4. The monoisotopic (exact) mass is 261 g/mol. The quantitative estimate of drug-likeness (QED) is 0.704. The molecule has 1 atom stereocenters. The predicted octanol–water partition coefficient (Wildman–Crippen LogP) is 0.696. The Morgan fingerprint density at radius 3 is 2.82 bits per heavy atom. The summed E-state index contributed by atoms with van der Waals surface area (Å²) in [5.74, 6) is 1.04. The van der Waals surface area contributed by atoms with Crippen LogP contribution in [0.5, 0.6) is 0 Å². The minimum absolute atomic E-state index is 0.261. The van der Waals surface area contributed by atoms with Gasteiger partial charge in [0.25, 0.3) is 0 Å². The van der Waals surface area contributed by atoms with Crippen LogP contribution in [0.25, 0.3) is 0 Å². The molecule has 0 fully saturated rings. The molecule has 7 heteroatoms. The largest absolute Gasteiger partial charge is 0.389 e. The number of hydrogen-bond donors (Lipinski definition) is 2. The average Bonchev–Trinajstić information content (AvgIpc) is 2.26. The maximum absolute atomic E-state index is 9.46. The molecule has 1 rings (SSSR count). The third-order valence-corrected chi connectivity index (χ3v) is 2.09. The number of halogens is 1. The van der Waals surface area contributed by atoms with Crippen LogP contribution in [0, 0.1) is 0 Å². The van der Waals surface area contributed by atoms with E-state index in [1.807, 2.05) is 0 Å². The Hall–Kier alpha value is -0.950. The number of methoxy groups -OCH3 is 2. The molecule has 1 aromatic rings. The van der Waals surface area contributed by atoms with Crippen molar-refractivity contribution in [1.82, 2.24) is 9.97 Å². The van der Waals surface area contributed by atoms with Crippen LogP contribution < -0.4 is 5.32 Å². The maximum Gasteiger partial charge on any atom is 0.158 e. The topological polar surface area (TPSA) is 76.5 Å². The standard InChI is InChI=1S/C10H16ClN3O3/c1-16-5-7(15)4-12-9-3-8(11)13-10(14-9)6-17-2/h3,7,15H,4-6H2,1-2H3,(H,12,13,14). The Kier molecular flexibility index (Phi) is 6.13. The molecule has 0 saturated heterocycles. The lowest BCUT2D eigenvalue weighted by Gasteiger charge is -2.11. The van der Waals surface area contributed by atoms with Gasteiger partial charge in [0.05, 0.1) is 12.7 Å². The van der Waals surface area contributed by atoms with Crippen LogP contribution in [0.15, 0.2) is 6.07 Å². The molecule has 0 aliphatic heterocycles. The molecule has 96 valence electrons. The van der Waals surface area contributed by atoms with E-state index in [-0.39, 0.29) is 13.2 Å². The molecule has 0 spiro atoms. The first-order valence-corrected chi connectivity index (χ1v) is 5.46. The van der Waals surface area contributed by atoms with Gasteiger partial charge >= 0.3 is 0 Å². The van der Waals surface area contributed by atoms with Crippen LogP contribution in [-0.4, -0.2) is 48.5 Å². The summed E-state index contributed by atoms with van der Waals surface area (Å²) in [6, 6.07) is 1.58.